The third kappa shape index (κ3) is 3.85. The van der Waals surface area contributed by atoms with Gasteiger partial charge in [0.15, 0.2) is 5.82 Å². The first-order valence-corrected chi connectivity index (χ1v) is 9.86. The lowest BCUT2D eigenvalue weighted by Crippen LogP contribution is -3.12. The summed E-state index contributed by atoms with van der Waals surface area (Å²) in [5.74, 6) is 2.04. The molecule has 6 nitrogen and oxygen atoms in total. The number of rotatable bonds is 5. The lowest BCUT2D eigenvalue weighted by atomic mass is 10.2. The maximum Gasteiger partial charge on any atom is 0.231 e. The van der Waals surface area contributed by atoms with Crippen molar-refractivity contribution in [1.29, 1.82) is 0 Å². The number of hydrogen-bond donors (Lipinski definition) is 1. The number of quaternary nitrogens is 1. The number of carbonyl (C=O) groups excluding carboxylic acids is 1. The molecule has 1 aliphatic rings. The summed E-state index contributed by atoms with van der Waals surface area (Å²) in [6, 6.07) is 7.06. The largest absolute Gasteiger partial charge is 0.438 e. The van der Waals surface area contributed by atoms with Gasteiger partial charge in [-0.25, -0.2) is 4.98 Å². The Morgan fingerprint density at radius 2 is 1.93 bits per heavy atom. The zero-order valence-electron chi connectivity index (χ0n) is 15.4. The molecule has 2 aromatic heterocycles. The van der Waals surface area contributed by atoms with Gasteiger partial charge in [0.1, 0.15) is 36.5 Å². The average molecular weight is 384 g/mol. The highest BCUT2D eigenvalue weighted by Gasteiger charge is 2.20. The van der Waals surface area contributed by atoms with Crippen LogP contribution in [0.3, 0.4) is 0 Å². The number of nitrogens with one attached hydrogen (secondary N) is 1. The Labute approximate surface area is 161 Å². The molecule has 1 aromatic carbocycles. The Kier molecular flexibility index (Phi) is 5.15. The molecule has 3 aromatic rings. The van der Waals surface area contributed by atoms with Gasteiger partial charge in [-0.1, -0.05) is 0 Å². The van der Waals surface area contributed by atoms with Crippen molar-refractivity contribution in [3.63, 3.8) is 0 Å². The van der Waals surface area contributed by atoms with Crippen molar-refractivity contribution in [3.8, 4) is 11.6 Å². The highest BCUT2D eigenvalue weighted by Crippen LogP contribution is 2.36. The van der Waals surface area contributed by atoms with Crippen LogP contribution < -0.4 is 9.64 Å². The summed E-state index contributed by atoms with van der Waals surface area (Å²) >= 11 is 1.67. The van der Waals surface area contributed by atoms with Crippen LogP contribution in [0, 0.1) is 13.8 Å². The summed E-state index contributed by atoms with van der Waals surface area (Å²) in [6.07, 6.45) is 0.822. The number of carbonyl (C=O) groups is 1. The number of nitrogens with zero attached hydrogens (tertiary/aromatic N) is 2. The number of fused-ring (bicyclic) bond motifs is 1. The van der Waals surface area contributed by atoms with Crippen LogP contribution in [0.1, 0.15) is 26.6 Å². The lowest BCUT2D eigenvalue weighted by Gasteiger charge is -2.23. The van der Waals surface area contributed by atoms with Crippen molar-refractivity contribution in [2.45, 2.75) is 20.4 Å². The molecule has 0 aliphatic carbocycles. The predicted molar refractivity (Wildman–Crippen MR) is 104 cm³/mol. The Morgan fingerprint density at radius 3 is 2.63 bits per heavy atom. The minimum Gasteiger partial charge on any atom is -0.438 e. The zero-order valence-corrected chi connectivity index (χ0v) is 16.3. The van der Waals surface area contributed by atoms with E-state index in [0.29, 0.717) is 17.2 Å². The van der Waals surface area contributed by atoms with Gasteiger partial charge in [-0.15, -0.1) is 11.3 Å². The Morgan fingerprint density at radius 1 is 1.19 bits per heavy atom. The number of aldehydes is 1. The van der Waals surface area contributed by atoms with Crippen molar-refractivity contribution in [2.24, 2.45) is 0 Å². The first-order valence-electron chi connectivity index (χ1n) is 9.05. The average Bonchev–Trinajstić information content (AvgIpc) is 2.97. The summed E-state index contributed by atoms with van der Waals surface area (Å²) in [5, 5.41) is 0.970. The van der Waals surface area contributed by atoms with E-state index in [-0.39, 0.29) is 0 Å². The number of aromatic nitrogens is 2. The van der Waals surface area contributed by atoms with Gasteiger partial charge in [-0.3, -0.25) is 4.79 Å². The molecule has 0 spiro atoms. The van der Waals surface area contributed by atoms with Crippen LogP contribution in [0.25, 0.3) is 10.2 Å². The summed E-state index contributed by atoms with van der Waals surface area (Å²) in [7, 11) is 0. The lowest BCUT2D eigenvalue weighted by molar-refractivity contribution is -0.922. The molecule has 140 valence electrons. The van der Waals surface area contributed by atoms with Gasteiger partial charge in [-0.2, -0.15) is 4.98 Å². The van der Waals surface area contributed by atoms with Gasteiger partial charge >= 0.3 is 0 Å². The Bertz CT molecular complexity index is 963. The fourth-order valence-corrected chi connectivity index (χ4v) is 4.23. The van der Waals surface area contributed by atoms with Gasteiger partial charge in [0.2, 0.25) is 5.88 Å². The number of aryl methyl sites for hydroxylation is 2. The van der Waals surface area contributed by atoms with Crippen molar-refractivity contribution in [1.82, 2.24) is 9.97 Å². The molecule has 1 aliphatic heterocycles. The molecule has 0 bridgehead atoms. The van der Waals surface area contributed by atoms with E-state index in [9.17, 15) is 4.79 Å². The van der Waals surface area contributed by atoms with E-state index in [1.54, 1.807) is 35.6 Å². The van der Waals surface area contributed by atoms with Crippen LogP contribution in [0.2, 0.25) is 0 Å². The van der Waals surface area contributed by atoms with Gasteiger partial charge in [0.05, 0.1) is 18.6 Å². The summed E-state index contributed by atoms with van der Waals surface area (Å²) in [4.78, 5) is 24.0. The quantitative estimate of drug-likeness (QED) is 0.684. The van der Waals surface area contributed by atoms with Gasteiger partial charge in [-0.05, 0) is 43.7 Å². The molecule has 4 rings (SSSR count). The van der Waals surface area contributed by atoms with E-state index in [0.717, 1.165) is 60.7 Å². The van der Waals surface area contributed by atoms with Gasteiger partial charge < -0.3 is 14.4 Å². The van der Waals surface area contributed by atoms with Crippen LogP contribution in [-0.2, 0) is 11.3 Å². The van der Waals surface area contributed by atoms with Gasteiger partial charge in [0.25, 0.3) is 0 Å². The highest BCUT2D eigenvalue weighted by molar-refractivity contribution is 7.18. The highest BCUT2D eigenvalue weighted by atomic mass is 32.1. The van der Waals surface area contributed by atoms with Crippen molar-refractivity contribution in [3.05, 3.63) is 46.1 Å². The van der Waals surface area contributed by atoms with Crippen molar-refractivity contribution < 1.29 is 19.2 Å². The monoisotopic (exact) mass is 384 g/mol. The zero-order chi connectivity index (χ0) is 18.8. The molecule has 1 saturated heterocycles. The van der Waals surface area contributed by atoms with E-state index < -0.39 is 0 Å². The molecule has 0 atom stereocenters. The van der Waals surface area contributed by atoms with Gasteiger partial charge in [0, 0.05) is 10.4 Å². The Balaban J connectivity index is 1.70. The first-order chi connectivity index (χ1) is 13.1. The third-order valence-corrected chi connectivity index (χ3v) is 5.98. The fraction of sp³-hybridized carbons (Fsp3) is 0.350. The molecule has 0 unspecified atom stereocenters. The van der Waals surface area contributed by atoms with Crippen LogP contribution in [0.4, 0.5) is 0 Å². The minimum atomic E-state index is 0.586. The minimum absolute atomic E-state index is 0.586. The SMILES string of the molecule is Cc1sc2nc(C[NH+]3CCOCC3)nc(Oc3ccc(C=O)cc3)c2c1C. The topological polar surface area (TPSA) is 65.8 Å². The molecule has 0 amide bonds. The number of thiophene rings is 1. The van der Waals surface area contributed by atoms with E-state index in [2.05, 4.69) is 13.8 Å². The van der Waals surface area contributed by atoms with Crippen LogP contribution in [-0.4, -0.2) is 42.6 Å². The maximum absolute atomic E-state index is 10.9. The van der Waals surface area contributed by atoms with E-state index in [1.807, 2.05) is 0 Å². The van der Waals surface area contributed by atoms with E-state index in [4.69, 9.17) is 19.4 Å². The predicted octanol–water partition coefficient (Wildman–Crippen LogP) is 2.33. The first kappa shape index (κ1) is 18.0. The fourth-order valence-electron chi connectivity index (χ4n) is 3.19. The number of ether oxygens (including phenoxy) is 2. The summed E-state index contributed by atoms with van der Waals surface area (Å²) < 4.78 is 11.6. The molecule has 0 radical (unpaired) electrons. The second-order valence-corrected chi connectivity index (χ2v) is 7.94. The molecule has 1 N–H and O–H groups in total. The van der Waals surface area contributed by atoms with Crippen LogP contribution >= 0.6 is 11.3 Å². The molecule has 3 heterocycles. The summed E-state index contributed by atoms with van der Waals surface area (Å²) in [5.41, 5.74) is 1.77. The second-order valence-electron chi connectivity index (χ2n) is 6.74. The molecule has 1 fully saturated rings. The van der Waals surface area contributed by atoms with Crippen molar-refractivity contribution in [2.75, 3.05) is 26.3 Å². The van der Waals surface area contributed by atoms with E-state index in [1.165, 1.54) is 9.78 Å². The molecule has 0 saturated carbocycles. The molecule has 27 heavy (non-hydrogen) atoms. The maximum atomic E-state index is 10.9. The molecular weight excluding hydrogens is 362 g/mol. The molecule has 7 heteroatoms. The standard InChI is InChI=1S/C20H21N3O3S/c1-13-14(2)27-20-18(13)19(26-16-5-3-15(12-24)4-6-16)21-17(22-20)11-23-7-9-25-10-8-23/h3-6,12H,7-11H2,1-2H3/p+1. The number of hydrogen-bond acceptors (Lipinski definition) is 6. The Hall–Kier alpha value is -2.35. The third-order valence-electron chi connectivity index (χ3n) is 4.88. The normalized spacial score (nSPS) is 15.2. The number of benzene rings is 1. The number of morpholine rings is 1. The van der Waals surface area contributed by atoms with Crippen LogP contribution in [0.15, 0.2) is 24.3 Å². The van der Waals surface area contributed by atoms with Crippen molar-refractivity contribution >= 4 is 27.8 Å². The van der Waals surface area contributed by atoms with Crippen LogP contribution in [0.5, 0.6) is 11.6 Å². The molecular formula is C20H22N3O3S+. The second kappa shape index (κ2) is 7.72. The summed E-state index contributed by atoms with van der Waals surface area (Å²) in [6.45, 7) is 8.42. The smallest absolute Gasteiger partial charge is 0.231 e. The van der Waals surface area contributed by atoms with E-state index >= 15 is 0 Å².